The fourth-order valence-electron chi connectivity index (χ4n) is 3.75. The number of terminal acetylenes is 1. The predicted molar refractivity (Wildman–Crippen MR) is 130 cm³/mol. The molecule has 0 saturated heterocycles. The molecule has 0 bridgehead atoms. The maximum atomic E-state index is 13.1. The van der Waals surface area contributed by atoms with Gasteiger partial charge in [-0.25, -0.2) is 4.79 Å². The molecule has 4 aromatic rings. The van der Waals surface area contributed by atoms with E-state index in [9.17, 15) is 4.79 Å². The van der Waals surface area contributed by atoms with Crippen LogP contribution in [0.4, 0.5) is 5.69 Å². The Labute approximate surface area is 187 Å². The summed E-state index contributed by atoms with van der Waals surface area (Å²) in [4.78, 5) is 17.6. The van der Waals surface area contributed by atoms with E-state index in [1.165, 1.54) is 5.56 Å². The van der Waals surface area contributed by atoms with Crippen molar-refractivity contribution in [1.82, 2.24) is 9.55 Å². The van der Waals surface area contributed by atoms with Crippen molar-refractivity contribution in [2.75, 3.05) is 12.3 Å². The number of nitrogens with zero attached hydrogens (tertiary/aromatic N) is 2. The summed E-state index contributed by atoms with van der Waals surface area (Å²) in [6.07, 6.45) is 5.35. The van der Waals surface area contributed by atoms with Gasteiger partial charge in [0.1, 0.15) is 12.4 Å². The van der Waals surface area contributed by atoms with Crippen LogP contribution in [0.1, 0.15) is 30.9 Å². The largest absolute Gasteiger partial charge is 0.481 e. The van der Waals surface area contributed by atoms with Gasteiger partial charge in [-0.2, -0.15) is 4.98 Å². The lowest BCUT2D eigenvalue weighted by molar-refractivity contribution is 0.371. The molecule has 0 aliphatic carbocycles. The fraction of sp³-hybridized carbons (Fsp3) is 0.185. The molecule has 0 atom stereocenters. The summed E-state index contributed by atoms with van der Waals surface area (Å²) in [7, 11) is 0. The van der Waals surface area contributed by atoms with Gasteiger partial charge in [-0.15, -0.1) is 6.42 Å². The number of aromatic nitrogens is 2. The van der Waals surface area contributed by atoms with Crippen molar-refractivity contribution in [1.29, 1.82) is 0 Å². The summed E-state index contributed by atoms with van der Waals surface area (Å²) in [6.45, 7) is 4.83. The molecule has 0 amide bonds. The van der Waals surface area contributed by atoms with E-state index in [2.05, 4.69) is 36.9 Å². The van der Waals surface area contributed by atoms with E-state index >= 15 is 0 Å². The molecule has 4 rings (SSSR count). The molecule has 0 unspecified atom stereocenters. The van der Waals surface area contributed by atoms with Crippen molar-refractivity contribution in [2.24, 2.45) is 0 Å². The monoisotopic (exact) mass is 423 g/mol. The van der Waals surface area contributed by atoms with Crippen LogP contribution in [0, 0.1) is 12.3 Å². The van der Waals surface area contributed by atoms with E-state index in [-0.39, 0.29) is 12.3 Å². The van der Waals surface area contributed by atoms with Gasteiger partial charge in [-0.05, 0) is 47.4 Å². The Morgan fingerprint density at radius 1 is 1.09 bits per heavy atom. The van der Waals surface area contributed by atoms with Crippen molar-refractivity contribution >= 4 is 16.6 Å². The molecule has 5 nitrogen and oxygen atoms in total. The number of nitrogens with two attached hydrogens (primary N) is 1. The van der Waals surface area contributed by atoms with Gasteiger partial charge in [0.15, 0.2) is 0 Å². The van der Waals surface area contributed by atoms with Crippen LogP contribution < -0.4 is 16.2 Å². The molecule has 0 aliphatic heterocycles. The number of hydrogen-bond acceptors (Lipinski definition) is 4. The van der Waals surface area contributed by atoms with Crippen LogP contribution in [0.25, 0.3) is 22.2 Å². The predicted octanol–water partition coefficient (Wildman–Crippen LogP) is 4.83. The summed E-state index contributed by atoms with van der Waals surface area (Å²) in [6, 6.07) is 21.3. The lowest BCUT2D eigenvalue weighted by Crippen LogP contribution is -2.24. The molecule has 0 radical (unpaired) electrons. The average Bonchev–Trinajstić information content (AvgIpc) is 2.79. The molecular formula is C27H25N3O2. The van der Waals surface area contributed by atoms with Crippen LogP contribution in [0.2, 0.25) is 0 Å². The van der Waals surface area contributed by atoms with E-state index < -0.39 is 0 Å². The molecule has 0 spiro atoms. The first-order valence-corrected chi connectivity index (χ1v) is 10.5. The van der Waals surface area contributed by atoms with Gasteiger partial charge in [-0.3, -0.25) is 4.57 Å². The molecule has 0 aliphatic rings. The average molecular weight is 424 g/mol. The lowest BCUT2D eigenvalue weighted by Gasteiger charge is -2.15. The summed E-state index contributed by atoms with van der Waals surface area (Å²) >= 11 is 0. The van der Waals surface area contributed by atoms with E-state index in [0.29, 0.717) is 29.6 Å². The van der Waals surface area contributed by atoms with Crippen molar-refractivity contribution < 1.29 is 4.74 Å². The number of nitrogen functional groups attached to an aromatic ring is 1. The highest BCUT2D eigenvalue weighted by atomic mass is 16.5. The molecule has 32 heavy (non-hydrogen) atoms. The summed E-state index contributed by atoms with van der Waals surface area (Å²) < 4.78 is 7.29. The SMILES string of the molecule is C#CCOc1ccc2c(c1)c(-c1ccc(C(C)C)cc1)nc(=O)n2Cc1cccc(N)c1. The maximum absolute atomic E-state index is 13.1. The second kappa shape index (κ2) is 8.99. The van der Waals surface area contributed by atoms with Crippen molar-refractivity contribution in [2.45, 2.75) is 26.3 Å². The fourth-order valence-corrected chi connectivity index (χ4v) is 3.75. The summed E-state index contributed by atoms with van der Waals surface area (Å²) in [5.41, 5.74) is 10.7. The quantitative estimate of drug-likeness (QED) is 0.356. The minimum Gasteiger partial charge on any atom is -0.481 e. The first-order chi connectivity index (χ1) is 15.5. The zero-order valence-corrected chi connectivity index (χ0v) is 18.2. The number of fused-ring (bicyclic) bond motifs is 1. The zero-order valence-electron chi connectivity index (χ0n) is 18.2. The molecule has 5 heteroatoms. The third-order valence-corrected chi connectivity index (χ3v) is 5.42. The van der Waals surface area contributed by atoms with Gasteiger partial charge >= 0.3 is 5.69 Å². The zero-order chi connectivity index (χ0) is 22.7. The third kappa shape index (κ3) is 4.35. The van der Waals surface area contributed by atoms with Gasteiger partial charge in [0.05, 0.1) is 17.8 Å². The van der Waals surface area contributed by atoms with Gasteiger partial charge in [0, 0.05) is 16.6 Å². The normalized spacial score (nSPS) is 10.9. The minimum atomic E-state index is -0.319. The number of hydrogen-bond donors (Lipinski definition) is 1. The number of anilines is 1. The van der Waals surface area contributed by atoms with E-state index in [4.69, 9.17) is 16.9 Å². The van der Waals surface area contributed by atoms with Crippen molar-refractivity contribution in [3.8, 4) is 29.4 Å². The Hall–Kier alpha value is -4.04. The smallest absolute Gasteiger partial charge is 0.348 e. The lowest BCUT2D eigenvalue weighted by atomic mass is 9.99. The Morgan fingerprint density at radius 2 is 1.88 bits per heavy atom. The first-order valence-electron chi connectivity index (χ1n) is 10.5. The number of rotatable bonds is 6. The van der Waals surface area contributed by atoms with Crippen LogP contribution in [-0.4, -0.2) is 16.2 Å². The third-order valence-electron chi connectivity index (χ3n) is 5.42. The minimum absolute atomic E-state index is 0.167. The van der Waals surface area contributed by atoms with Crippen LogP contribution in [0.15, 0.2) is 71.5 Å². The number of ether oxygens (including phenoxy) is 1. The molecule has 0 saturated carbocycles. The topological polar surface area (TPSA) is 70.1 Å². The van der Waals surface area contributed by atoms with Crippen LogP contribution in [0.3, 0.4) is 0 Å². The Morgan fingerprint density at radius 3 is 2.56 bits per heavy atom. The highest BCUT2D eigenvalue weighted by Crippen LogP contribution is 2.30. The van der Waals surface area contributed by atoms with Crippen LogP contribution >= 0.6 is 0 Å². The highest BCUT2D eigenvalue weighted by molar-refractivity contribution is 5.93. The molecule has 0 fully saturated rings. The van der Waals surface area contributed by atoms with Gasteiger partial charge in [-0.1, -0.05) is 56.2 Å². The van der Waals surface area contributed by atoms with Crippen LogP contribution in [-0.2, 0) is 6.54 Å². The second-order valence-corrected chi connectivity index (χ2v) is 8.02. The molecule has 1 heterocycles. The van der Waals surface area contributed by atoms with Gasteiger partial charge in [0.25, 0.3) is 0 Å². The van der Waals surface area contributed by atoms with Crippen molar-refractivity contribution in [3.63, 3.8) is 0 Å². The Kier molecular flexibility index (Phi) is 5.96. The number of benzene rings is 3. The molecular weight excluding hydrogens is 398 g/mol. The summed E-state index contributed by atoms with van der Waals surface area (Å²) in [5.74, 6) is 3.53. The van der Waals surface area contributed by atoms with Gasteiger partial charge in [0.2, 0.25) is 0 Å². The van der Waals surface area contributed by atoms with Crippen LogP contribution in [0.5, 0.6) is 5.75 Å². The Bertz CT molecular complexity index is 1360. The Balaban J connectivity index is 1.89. The van der Waals surface area contributed by atoms with E-state index in [0.717, 1.165) is 22.0 Å². The second-order valence-electron chi connectivity index (χ2n) is 8.02. The molecule has 2 N–H and O–H groups in total. The first kappa shape index (κ1) is 21.2. The molecule has 1 aromatic heterocycles. The van der Waals surface area contributed by atoms with Gasteiger partial charge < -0.3 is 10.5 Å². The van der Waals surface area contributed by atoms with E-state index in [1.807, 2.05) is 54.6 Å². The summed E-state index contributed by atoms with van der Waals surface area (Å²) in [5, 5.41) is 0.820. The molecule has 160 valence electrons. The highest BCUT2D eigenvalue weighted by Gasteiger charge is 2.14. The molecule has 3 aromatic carbocycles. The standard InChI is InChI=1S/C27H25N3O2/c1-4-14-32-23-12-13-25-24(16-23)26(21-10-8-20(9-11-21)18(2)3)29-27(31)30(25)17-19-6-5-7-22(28)15-19/h1,5-13,15-16,18H,14,17,28H2,2-3H3. The maximum Gasteiger partial charge on any atom is 0.348 e. The van der Waals surface area contributed by atoms with E-state index in [1.54, 1.807) is 4.57 Å². The van der Waals surface area contributed by atoms with Crippen molar-refractivity contribution in [3.05, 3.63) is 88.3 Å².